The number of rotatable bonds is 7. The van der Waals surface area contributed by atoms with E-state index < -0.39 is 6.10 Å². The van der Waals surface area contributed by atoms with E-state index in [9.17, 15) is 4.79 Å². The van der Waals surface area contributed by atoms with E-state index in [0.717, 1.165) is 22.4 Å². The van der Waals surface area contributed by atoms with Crippen molar-refractivity contribution in [1.82, 2.24) is 5.32 Å². The molecule has 2 aromatic rings. The molecule has 0 aliphatic heterocycles. The van der Waals surface area contributed by atoms with Crippen LogP contribution in [0.25, 0.3) is 0 Å². The first-order chi connectivity index (χ1) is 12.0. The van der Waals surface area contributed by atoms with Crippen LogP contribution in [0.1, 0.15) is 48.1 Å². The van der Waals surface area contributed by atoms with Crippen LogP contribution in [0.4, 0.5) is 0 Å². The number of hydrogen-bond acceptors (Lipinski definition) is 3. The maximum atomic E-state index is 12.1. The zero-order valence-corrected chi connectivity index (χ0v) is 15.6. The van der Waals surface area contributed by atoms with Gasteiger partial charge in [0, 0.05) is 14.2 Å². The van der Waals surface area contributed by atoms with E-state index in [1.165, 1.54) is 12.7 Å². The molecule has 0 fully saturated rings. The lowest BCUT2D eigenvalue weighted by molar-refractivity contribution is -0.130. The maximum Gasteiger partial charge on any atom is 0.253 e. The quantitative estimate of drug-likeness (QED) is 0.824. The number of carbonyl (C=O) groups excluding carboxylic acids is 1. The molecule has 0 aliphatic rings. The fraction of sp³-hybridized carbons (Fsp3) is 0.381. The van der Waals surface area contributed by atoms with Crippen LogP contribution in [-0.2, 0) is 16.1 Å². The normalized spacial score (nSPS) is 12.1. The van der Waals surface area contributed by atoms with Gasteiger partial charge in [0.2, 0.25) is 0 Å². The van der Waals surface area contributed by atoms with Gasteiger partial charge < -0.3 is 14.8 Å². The Morgan fingerprint density at radius 1 is 1.12 bits per heavy atom. The molecule has 1 unspecified atom stereocenters. The number of aryl methyl sites for hydroxylation is 1. The molecule has 0 aromatic heterocycles. The Balaban J connectivity index is 2.28. The van der Waals surface area contributed by atoms with Crippen molar-refractivity contribution in [2.45, 2.75) is 39.4 Å². The molecular formula is C21H27NO3. The minimum atomic E-state index is -0.646. The van der Waals surface area contributed by atoms with Gasteiger partial charge in [-0.3, -0.25) is 4.79 Å². The standard InChI is InChI=1S/C21H27NO3/c1-14(2)17-11-10-15(3)12-19(17)25-13-16-8-6-7-9-18(16)20(24-5)21(23)22-4/h6-12,14,20H,13H2,1-5H3,(H,22,23). The molecule has 134 valence electrons. The SMILES string of the molecule is CNC(=O)C(OC)c1ccccc1COc1cc(C)ccc1C(C)C. The highest BCUT2D eigenvalue weighted by Gasteiger charge is 2.22. The minimum absolute atomic E-state index is 0.173. The van der Waals surface area contributed by atoms with Crippen molar-refractivity contribution in [1.29, 1.82) is 0 Å². The molecule has 0 saturated carbocycles. The molecule has 25 heavy (non-hydrogen) atoms. The van der Waals surface area contributed by atoms with Crippen LogP contribution in [0.3, 0.4) is 0 Å². The first-order valence-corrected chi connectivity index (χ1v) is 8.53. The average molecular weight is 341 g/mol. The molecule has 4 heteroatoms. The highest BCUT2D eigenvalue weighted by atomic mass is 16.5. The van der Waals surface area contributed by atoms with Crippen molar-refractivity contribution in [3.05, 3.63) is 64.7 Å². The molecule has 1 atom stereocenters. The summed E-state index contributed by atoms with van der Waals surface area (Å²) in [6, 6.07) is 14.0. The van der Waals surface area contributed by atoms with Crippen molar-refractivity contribution in [3.63, 3.8) is 0 Å². The van der Waals surface area contributed by atoms with Crippen molar-refractivity contribution in [3.8, 4) is 5.75 Å². The van der Waals surface area contributed by atoms with Crippen LogP contribution in [-0.4, -0.2) is 20.1 Å². The summed E-state index contributed by atoms with van der Waals surface area (Å²) in [7, 11) is 3.14. The van der Waals surface area contributed by atoms with E-state index in [4.69, 9.17) is 9.47 Å². The number of benzene rings is 2. The Morgan fingerprint density at radius 3 is 2.48 bits per heavy atom. The molecule has 0 bridgehead atoms. The van der Waals surface area contributed by atoms with Gasteiger partial charge in [-0.25, -0.2) is 0 Å². The number of likely N-dealkylation sites (N-methyl/N-ethyl adjacent to an activating group) is 1. The van der Waals surface area contributed by atoms with Gasteiger partial charge in [-0.05, 0) is 41.2 Å². The van der Waals surface area contributed by atoms with Crippen LogP contribution in [0.5, 0.6) is 5.75 Å². The zero-order chi connectivity index (χ0) is 18.4. The number of carbonyl (C=O) groups is 1. The van der Waals surface area contributed by atoms with Gasteiger partial charge in [0.25, 0.3) is 5.91 Å². The number of amides is 1. The van der Waals surface area contributed by atoms with E-state index in [1.807, 2.05) is 24.3 Å². The molecule has 2 rings (SSSR count). The van der Waals surface area contributed by atoms with Crippen LogP contribution in [0.2, 0.25) is 0 Å². The smallest absolute Gasteiger partial charge is 0.253 e. The molecule has 1 amide bonds. The van der Waals surface area contributed by atoms with Crippen molar-refractivity contribution >= 4 is 5.91 Å². The third kappa shape index (κ3) is 4.60. The van der Waals surface area contributed by atoms with Crippen LogP contribution in [0.15, 0.2) is 42.5 Å². The Bertz CT molecular complexity index is 725. The largest absolute Gasteiger partial charge is 0.489 e. The predicted octanol–water partition coefficient (Wildman–Crippen LogP) is 4.13. The fourth-order valence-electron chi connectivity index (χ4n) is 2.83. The summed E-state index contributed by atoms with van der Waals surface area (Å²) in [6.07, 6.45) is -0.646. The molecule has 1 N–H and O–H groups in total. The molecule has 0 aliphatic carbocycles. The van der Waals surface area contributed by atoms with E-state index in [-0.39, 0.29) is 5.91 Å². The Morgan fingerprint density at radius 2 is 1.84 bits per heavy atom. The molecule has 0 spiro atoms. The summed E-state index contributed by atoms with van der Waals surface area (Å²) in [5.74, 6) is 1.09. The summed E-state index contributed by atoms with van der Waals surface area (Å²) in [5.41, 5.74) is 4.10. The number of nitrogens with one attached hydrogen (secondary N) is 1. The number of hydrogen-bond donors (Lipinski definition) is 1. The summed E-state index contributed by atoms with van der Waals surface area (Å²) in [4.78, 5) is 12.1. The summed E-state index contributed by atoms with van der Waals surface area (Å²) >= 11 is 0. The second-order valence-corrected chi connectivity index (χ2v) is 6.41. The lowest BCUT2D eigenvalue weighted by Gasteiger charge is -2.19. The van der Waals surface area contributed by atoms with Gasteiger partial charge in [0.1, 0.15) is 12.4 Å². The Kier molecular flexibility index (Phi) is 6.59. The lowest BCUT2D eigenvalue weighted by atomic mass is 10.00. The molecule has 0 heterocycles. The molecule has 0 saturated heterocycles. The second kappa shape index (κ2) is 8.67. The van der Waals surface area contributed by atoms with E-state index in [0.29, 0.717) is 12.5 Å². The van der Waals surface area contributed by atoms with Crippen molar-refractivity contribution in [2.75, 3.05) is 14.2 Å². The van der Waals surface area contributed by atoms with E-state index in [1.54, 1.807) is 7.05 Å². The van der Waals surface area contributed by atoms with Gasteiger partial charge in [0.15, 0.2) is 6.10 Å². The van der Waals surface area contributed by atoms with Gasteiger partial charge in [-0.15, -0.1) is 0 Å². The zero-order valence-electron chi connectivity index (χ0n) is 15.6. The monoisotopic (exact) mass is 341 g/mol. The molecule has 0 radical (unpaired) electrons. The lowest BCUT2D eigenvalue weighted by Crippen LogP contribution is -2.27. The van der Waals surface area contributed by atoms with E-state index in [2.05, 4.69) is 44.3 Å². The highest BCUT2D eigenvalue weighted by Crippen LogP contribution is 2.29. The summed E-state index contributed by atoms with van der Waals surface area (Å²) in [5, 5.41) is 2.64. The van der Waals surface area contributed by atoms with Gasteiger partial charge in [0.05, 0.1) is 0 Å². The molecule has 2 aromatic carbocycles. The minimum Gasteiger partial charge on any atom is -0.489 e. The number of methoxy groups -OCH3 is 1. The van der Waals surface area contributed by atoms with Crippen LogP contribution < -0.4 is 10.1 Å². The van der Waals surface area contributed by atoms with Gasteiger partial charge >= 0.3 is 0 Å². The Labute approximate surface area is 150 Å². The van der Waals surface area contributed by atoms with Gasteiger partial charge in [-0.2, -0.15) is 0 Å². The van der Waals surface area contributed by atoms with Crippen molar-refractivity contribution in [2.24, 2.45) is 0 Å². The van der Waals surface area contributed by atoms with Gasteiger partial charge in [-0.1, -0.05) is 50.2 Å². The van der Waals surface area contributed by atoms with Crippen molar-refractivity contribution < 1.29 is 14.3 Å². The summed E-state index contributed by atoms with van der Waals surface area (Å²) < 4.78 is 11.5. The second-order valence-electron chi connectivity index (χ2n) is 6.41. The highest BCUT2D eigenvalue weighted by molar-refractivity contribution is 5.82. The van der Waals surface area contributed by atoms with E-state index >= 15 is 0 Å². The molecular weight excluding hydrogens is 314 g/mol. The number of ether oxygens (including phenoxy) is 2. The Hall–Kier alpha value is -2.33. The molecule has 4 nitrogen and oxygen atoms in total. The first kappa shape index (κ1) is 19.0. The van der Waals surface area contributed by atoms with Crippen LogP contribution in [0, 0.1) is 6.92 Å². The summed E-state index contributed by atoms with van der Waals surface area (Å²) in [6.45, 7) is 6.74. The first-order valence-electron chi connectivity index (χ1n) is 8.53. The maximum absolute atomic E-state index is 12.1. The topological polar surface area (TPSA) is 47.6 Å². The average Bonchev–Trinajstić information content (AvgIpc) is 2.61. The van der Waals surface area contributed by atoms with Crippen LogP contribution >= 0.6 is 0 Å². The third-order valence-corrected chi connectivity index (χ3v) is 4.23. The fourth-order valence-corrected chi connectivity index (χ4v) is 2.83. The predicted molar refractivity (Wildman–Crippen MR) is 99.9 cm³/mol. The third-order valence-electron chi connectivity index (χ3n) is 4.23.